The molecule has 4 aromatic rings. The molecule has 2 aromatic heterocycles. The van der Waals surface area contributed by atoms with Gasteiger partial charge in [0.2, 0.25) is 5.91 Å². The Morgan fingerprint density at radius 1 is 1.09 bits per heavy atom. The Bertz CT molecular complexity index is 1220. The van der Waals surface area contributed by atoms with Crippen LogP contribution >= 0.6 is 0 Å². The number of anilines is 1. The molecule has 7 nitrogen and oxygen atoms in total. The van der Waals surface area contributed by atoms with Crippen LogP contribution in [0.5, 0.6) is 0 Å². The highest BCUT2D eigenvalue weighted by molar-refractivity contribution is 5.87. The molecule has 1 aliphatic rings. The first-order valence-corrected chi connectivity index (χ1v) is 10.7. The molecule has 2 aromatic carbocycles. The van der Waals surface area contributed by atoms with Gasteiger partial charge in [0.25, 0.3) is 0 Å². The molecule has 1 N–H and O–H groups in total. The van der Waals surface area contributed by atoms with Gasteiger partial charge in [-0.2, -0.15) is 0 Å². The van der Waals surface area contributed by atoms with E-state index in [1.54, 1.807) is 16.8 Å². The number of nitrogens with one attached hydrogen (secondary N) is 1. The predicted molar refractivity (Wildman–Crippen MR) is 120 cm³/mol. The zero-order valence-electron chi connectivity index (χ0n) is 17.5. The lowest BCUT2D eigenvalue weighted by Gasteiger charge is -2.33. The summed E-state index contributed by atoms with van der Waals surface area (Å²) in [6.07, 6.45) is 5.19. The second kappa shape index (κ2) is 8.74. The van der Waals surface area contributed by atoms with E-state index in [0.29, 0.717) is 18.7 Å². The number of piperidine rings is 1. The summed E-state index contributed by atoms with van der Waals surface area (Å²) in [7, 11) is 0. The molecule has 5 rings (SSSR count). The normalized spacial score (nSPS) is 16.3. The molecule has 0 spiro atoms. The van der Waals surface area contributed by atoms with Gasteiger partial charge in [-0.3, -0.25) is 4.79 Å². The fourth-order valence-electron chi connectivity index (χ4n) is 4.11. The average Bonchev–Trinajstić information content (AvgIpc) is 3.29. The Kier molecular flexibility index (Phi) is 5.49. The second-order valence-corrected chi connectivity index (χ2v) is 7.97. The molecule has 0 aliphatic carbocycles. The lowest BCUT2D eigenvalue weighted by molar-refractivity contribution is -0.125. The molecule has 0 radical (unpaired) electrons. The van der Waals surface area contributed by atoms with Crippen molar-refractivity contribution in [2.75, 3.05) is 18.0 Å². The van der Waals surface area contributed by atoms with Crippen LogP contribution in [0.25, 0.3) is 16.7 Å². The predicted octanol–water partition coefficient (Wildman–Crippen LogP) is 3.49. The van der Waals surface area contributed by atoms with Gasteiger partial charge in [0.15, 0.2) is 5.65 Å². The van der Waals surface area contributed by atoms with E-state index in [1.807, 2.05) is 36.5 Å². The number of nitrogens with zero attached hydrogens (tertiary/aromatic N) is 5. The highest BCUT2D eigenvalue weighted by atomic mass is 19.1. The zero-order valence-corrected chi connectivity index (χ0v) is 17.5. The molecule has 1 fully saturated rings. The van der Waals surface area contributed by atoms with Crippen LogP contribution in [0, 0.1) is 11.7 Å². The molecule has 8 heteroatoms. The third-order valence-electron chi connectivity index (χ3n) is 5.79. The van der Waals surface area contributed by atoms with Crippen LogP contribution < -0.4 is 10.2 Å². The Morgan fingerprint density at radius 2 is 1.91 bits per heavy atom. The van der Waals surface area contributed by atoms with Crippen molar-refractivity contribution in [1.82, 2.24) is 25.1 Å². The van der Waals surface area contributed by atoms with Crippen molar-refractivity contribution < 1.29 is 9.18 Å². The van der Waals surface area contributed by atoms with Gasteiger partial charge < -0.3 is 10.2 Å². The van der Waals surface area contributed by atoms with E-state index < -0.39 is 0 Å². The van der Waals surface area contributed by atoms with Gasteiger partial charge in [0, 0.05) is 25.8 Å². The first-order chi connectivity index (χ1) is 15.7. The molecule has 0 saturated carbocycles. The van der Waals surface area contributed by atoms with Crippen LogP contribution in [0.15, 0.2) is 67.1 Å². The van der Waals surface area contributed by atoms with Crippen LogP contribution in [0.1, 0.15) is 18.4 Å². The lowest BCUT2D eigenvalue weighted by Crippen LogP contribution is -2.43. The highest BCUT2D eigenvalue weighted by Crippen LogP contribution is 2.28. The molecular weight excluding hydrogens is 407 g/mol. The van der Waals surface area contributed by atoms with Crippen molar-refractivity contribution in [2.45, 2.75) is 19.4 Å². The number of halogens is 1. The number of para-hydroxylation sites is 1. The number of aromatic nitrogens is 4. The molecule has 32 heavy (non-hydrogen) atoms. The lowest BCUT2D eigenvalue weighted by atomic mass is 9.97. The second-order valence-electron chi connectivity index (χ2n) is 7.97. The largest absolute Gasteiger partial charge is 0.355 e. The van der Waals surface area contributed by atoms with Crippen molar-refractivity contribution in [3.63, 3.8) is 0 Å². The zero-order chi connectivity index (χ0) is 21.9. The number of carbonyl (C=O) groups is 1. The molecule has 1 amide bonds. The van der Waals surface area contributed by atoms with Crippen LogP contribution in [0.2, 0.25) is 0 Å². The van der Waals surface area contributed by atoms with Gasteiger partial charge in [0.05, 0.1) is 17.0 Å². The van der Waals surface area contributed by atoms with Gasteiger partial charge >= 0.3 is 0 Å². The monoisotopic (exact) mass is 430 g/mol. The summed E-state index contributed by atoms with van der Waals surface area (Å²) in [5.74, 6) is 0.380. The minimum Gasteiger partial charge on any atom is -0.355 e. The number of rotatable bonds is 5. The number of hydrogen-bond acceptors (Lipinski definition) is 5. The maximum absolute atomic E-state index is 13.1. The Labute approximate surface area is 184 Å². The van der Waals surface area contributed by atoms with Gasteiger partial charge in [-0.1, -0.05) is 30.3 Å². The van der Waals surface area contributed by atoms with E-state index in [-0.39, 0.29) is 17.6 Å². The van der Waals surface area contributed by atoms with Crippen LogP contribution in [-0.2, 0) is 11.3 Å². The summed E-state index contributed by atoms with van der Waals surface area (Å²) in [5, 5.41) is 8.44. The van der Waals surface area contributed by atoms with Crippen molar-refractivity contribution in [1.29, 1.82) is 0 Å². The maximum atomic E-state index is 13.1. The fraction of sp³-hybridized carbons (Fsp3) is 0.250. The molecule has 1 unspecified atom stereocenters. The molecule has 3 heterocycles. The van der Waals surface area contributed by atoms with E-state index in [1.165, 1.54) is 18.5 Å². The Morgan fingerprint density at radius 3 is 2.72 bits per heavy atom. The molecule has 1 saturated heterocycles. The number of hydrogen-bond donors (Lipinski definition) is 1. The maximum Gasteiger partial charge on any atom is 0.225 e. The molecule has 0 bridgehead atoms. The minimum absolute atomic E-state index is 0.00399. The molecule has 1 atom stereocenters. The minimum atomic E-state index is -0.283. The number of carbonyl (C=O) groups excluding carboxylic acids is 1. The van der Waals surface area contributed by atoms with Crippen molar-refractivity contribution in [3.05, 3.63) is 78.5 Å². The van der Waals surface area contributed by atoms with Crippen LogP contribution in [-0.4, -0.2) is 38.7 Å². The van der Waals surface area contributed by atoms with Gasteiger partial charge in [-0.15, -0.1) is 5.10 Å². The van der Waals surface area contributed by atoms with E-state index in [0.717, 1.165) is 41.8 Å². The van der Waals surface area contributed by atoms with E-state index in [4.69, 9.17) is 0 Å². The smallest absolute Gasteiger partial charge is 0.225 e. The Balaban J connectivity index is 1.32. The summed E-state index contributed by atoms with van der Waals surface area (Å²) in [6, 6.07) is 16.0. The van der Waals surface area contributed by atoms with E-state index in [9.17, 15) is 9.18 Å². The standard InChI is InChI=1S/C24H23FN6O/c25-19-10-8-17(9-11-19)13-26-24(32)18-5-4-12-30(14-18)23-21-15-31(20-6-2-1-3-7-20)29-22(21)27-16-28-23/h1-3,6-11,15-16,18H,4-5,12-14H2,(H,26,32). The van der Waals surface area contributed by atoms with Crippen molar-refractivity contribution in [2.24, 2.45) is 5.92 Å². The third kappa shape index (κ3) is 4.16. The quantitative estimate of drug-likeness (QED) is 0.525. The van der Waals surface area contributed by atoms with Gasteiger partial charge in [-0.05, 0) is 42.7 Å². The van der Waals surface area contributed by atoms with E-state index >= 15 is 0 Å². The van der Waals surface area contributed by atoms with E-state index in [2.05, 4.69) is 25.3 Å². The highest BCUT2D eigenvalue weighted by Gasteiger charge is 2.28. The summed E-state index contributed by atoms with van der Waals surface area (Å²) >= 11 is 0. The average molecular weight is 430 g/mol. The first kappa shape index (κ1) is 20.1. The van der Waals surface area contributed by atoms with Gasteiger partial charge in [0.1, 0.15) is 18.0 Å². The number of benzene rings is 2. The Hall–Kier alpha value is -3.81. The first-order valence-electron chi connectivity index (χ1n) is 10.7. The SMILES string of the molecule is O=C(NCc1ccc(F)cc1)C1CCCN(c2ncnc3nn(-c4ccccc4)cc23)C1. The summed E-state index contributed by atoms with van der Waals surface area (Å²) in [4.78, 5) is 23.8. The fourth-order valence-corrected chi connectivity index (χ4v) is 4.11. The number of fused-ring (bicyclic) bond motifs is 1. The van der Waals surface area contributed by atoms with Crippen LogP contribution in [0.3, 0.4) is 0 Å². The third-order valence-corrected chi connectivity index (χ3v) is 5.79. The summed E-state index contributed by atoms with van der Waals surface area (Å²) in [5.41, 5.74) is 2.45. The van der Waals surface area contributed by atoms with Crippen molar-refractivity contribution >= 4 is 22.8 Å². The van der Waals surface area contributed by atoms with Crippen LogP contribution in [0.4, 0.5) is 10.2 Å². The molecule has 162 valence electrons. The summed E-state index contributed by atoms with van der Waals surface area (Å²) in [6.45, 7) is 1.79. The van der Waals surface area contributed by atoms with Crippen molar-refractivity contribution in [3.8, 4) is 5.69 Å². The summed E-state index contributed by atoms with van der Waals surface area (Å²) < 4.78 is 14.9. The molecular formula is C24H23FN6O. The topological polar surface area (TPSA) is 75.9 Å². The van der Waals surface area contributed by atoms with Gasteiger partial charge in [-0.25, -0.2) is 19.0 Å². The molecule has 1 aliphatic heterocycles. The number of amides is 1.